The van der Waals surface area contributed by atoms with Crippen LogP contribution >= 0.6 is 39.0 Å². The first kappa shape index (κ1) is 23.2. The fourth-order valence-electron chi connectivity index (χ4n) is 7.69. The van der Waals surface area contributed by atoms with Gasteiger partial charge in [-0.05, 0) is 61.1 Å². The minimum Gasteiger partial charge on any atom is -0.341 e. The Labute approximate surface area is 225 Å². The monoisotopic (exact) mass is 587 g/mol. The highest BCUT2D eigenvalue weighted by Gasteiger charge is 2.69. The molecule has 188 valence electrons. The Kier molecular flexibility index (Phi) is 5.52. The minimum absolute atomic E-state index is 0.00980. The lowest BCUT2D eigenvalue weighted by atomic mass is 9.68. The zero-order valence-corrected chi connectivity index (χ0v) is 22.7. The number of benzene rings is 1. The number of rotatable bonds is 3. The number of hydrogen-bond donors (Lipinski definition) is 1. The first-order valence-corrected chi connectivity index (χ1v) is 15.2. The molecule has 1 aromatic heterocycles. The summed E-state index contributed by atoms with van der Waals surface area (Å²) in [6.45, 7) is 1.30. The molecular weight excluding hydrogens is 562 g/mol. The number of thioether (sulfide) groups is 1. The molecule has 36 heavy (non-hydrogen) atoms. The number of thiazole rings is 1. The summed E-state index contributed by atoms with van der Waals surface area (Å²) in [6.07, 6.45) is 3.93. The van der Waals surface area contributed by atoms with Gasteiger partial charge in [0.2, 0.25) is 17.7 Å². The normalized spacial score (nSPS) is 34.6. The molecule has 6 unspecified atom stereocenters. The van der Waals surface area contributed by atoms with Crippen LogP contribution in [0.25, 0.3) is 0 Å². The van der Waals surface area contributed by atoms with Crippen molar-refractivity contribution < 1.29 is 14.4 Å². The van der Waals surface area contributed by atoms with Gasteiger partial charge in [0.25, 0.3) is 0 Å². The third-order valence-electron chi connectivity index (χ3n) is 9.03. The highest BCUT2D eigenvalue weighted by Crippen LogP contribution is 2.68. The Hall–Kier alpha value is -1.91. The molecule has 1 aromatic carbocycles. The fraction of sp³-hybridized carbons (Fsp3) is 0.538. The molecule has 3 aliphatic heterocycles. The summed E-state index contributed by atoms with van der Waals surface area (Å²) in [5, 5.41) is 1.07. The average molecular weight is 589 g/mol. The number of likely N-dealkylation sites (tertiary alicyclic amines) is 2. The minimum atomic E-state index is -0.356. The van der Waals surface area contributed by atoms with E-state index in [4.69, 9.17) is 0 Å². The summed E-state index contributed by atoms with van der Waals surface area (Å²) in [4.78, 5) is 59.7. The van der Waals surface area contributed by atoms with Crippen molar-refractivity contribution in [2.75, 3.05) is 19.6 Å². The van der Waals surface area contributed by atoms with Gasteiger partial charge in [0, 0.05) is 33.6 Å². The SMILES string of the molecule is O=C(CN1C(=O)C2C3CC(C2C1=O)C1C3Sc2[nH]c(=O)sc2[C@@H]1c1cccc(Br)c1)N1CCCCC1. The number of halogens is 1. The van der Waals surface area contributed by atoms with Crippen LogP contribution in [0.2, 0.25) is 0 Å². The van der Waals surface area contributed by atoms with Gasteiger partial charge in [0.1, 0.15) is 6.54 Å². The molecule has 2 aromatic rings. The van der Waals surface area contributed by atoms with Gasteiger partial charge in [-0.1, -0.05) is 39.4 Å². The van der Waals surface area contributed by atoms with E-state index < -0.39 is 0 Å². The van der Waals surface area contributed by atoms with Gasteiger partial charge in [0.15, 0.2) is 0 Å². The first-order valence-electron chi connectivity index (χ1n) is 12.7. The molecular formula is C26H26BrN3O4S2. The molecule has 7 atom stereocenters. The van der Waals surface area contributed by atoms with Crippen LogP contribution in [0.4, 0.5) is 0 Å². The van der Waals surface area contributed by atoms with Crippen LogP contribution in [0.3, 0.4) is 0 Å². The second-order valence-corrected chi connectivity index (χ2v) is 13.8. The van der Waals surface area contributed by atoms with E-state index in [2.05, 4.69) is 33.0 Å². The predicted octanol–water partition coefficient (Wildman–Crippen LogP) is 3.68. The quantitative estimate of drug-likeness (QED) is 0.553. The third-order valence-corrected chi connectivity index (χ3v) is 12.1. The van der Waals surface area contributed by atoms with Crippen LogP contribution in [0.5, 0.6) is 0 Å². The van der Waals surface area contributed by atoms with Gasteiger partial charge < -0.3 is 9.88 Å². The van der Waals surface area contributed by atoms with Crippen molar-refractivity contribution in [1.29, 1.82) is 0 Å². The molecule has 2 saturated carbocycles. The molecule has 4 fully saturated rings. The van der Waals surface area contributed by atoms with E-state index >= 15 is 0 Å². The number of carbonyl (C=O) groups is 3. The molecule has 0 radical (unpaired) electrons. The van der Waals surface area contributed by atoms with Crippen LogP contribution in [0.1, 0.15) is 42.0 Å². The molecule has 0 spiro atoms. The highest BCUT2D eigenvalue weighted by molar-refractivity contribution is 9.10. The Morgan fingerprint density at radius 3 is 2.56 bits per heavy atom. The third kappa shape index (κ3) is 3.36. The summed E-state index contributed by atoms with van der Waals surface area (Å²) in [7, 11) is 0. The average Bonchev–Trinajstić information content (AvgIpc) is 3.60. The molecule has 2 bridgehead atoms. The van der Waals surface area contributed by atoms with Crippen LogP contribution in [-0.4, -0.2) is 57.4 Å². The van der Waals surface area contributed by atoms with E-state index in [1.165, 1.54) is 16.2 Å². The second-order valence-electron chi connectivity index (χ2n) is 10.7. The van der Waals surface area contributed by atoms with Crippen molar-refractivity contribution in [1.82, 2.24) is 14.8 Å². The molecule has 4 heterocycles. The Morgan fingerprint density at radius 1 is 1.06 bits per heavy atom. The first-order chi connectivity index (χ1) is 17.4. The molecule has 3 amide bonds. The number of piperidine rings is 1. The number of nitrogens with one attached hydrogen (secondary N) is 1. The number of imide groups is 1. The number of nitrogens with zero attached hydrogens (tertiary/aromatic N) is 2. The van der Waals surface area contributed by atoms with Crippen LogP contribution < -0.4 is 4.87 Å². The molecule has 2 saturated heterocycles. The Bertz CT molecular complexity index is 1330. The largest absolute Gasteiger partial charge is 0.341 e. The van der Waals surface area contributed by atoms with E-state index in [-0.39, 0.29) is 69.9 Å². The Balaban J connectivity index is 1.23. The maximum atomic E-state index is 13.7. The standard InChI is InChI=1S/C26H26BrN3O4S2/c27-13-6-4-5-12(9-13)17-18-14-10-15(21(18)35-23-22(17)36-26(34)28-23)20-19(14)24(32)30(25(20)33)11-16(31)29-7-2-1-3-8-29/h4-6,9,14-15,17-21H,1-3,7-8,10-11H2,(H,28,34)/t14?,15?,17-,18?,19?,20?,21?/m1/s1. The van der Waals surface area contributed by atoms with Gasteiger partial charge in [-0.25, -0.2) is 0 Å². The van der Waals surface area contributed by atoms with Crippen molar-refractivity contribution in [3.05, 3.63) is 48.8 Å². The molecule has 2 aliphatic carbocycles. The highest BCUT2D eigenvalue weighted by atomic mass is 79.9. The number of aromatic nitrogens is 1. The number of carbonyl (C=O) groups excluding carboxylic acids is 3. The summed E-state index contributed by atoms with van der Waals surface area (Å²) in [5.74, 6) is -0.809. The molecule has 1 N–H and O–H groups in total. The van der Waals surface area contributed by atoms with Gasteiger partial charge in [-0.3, -0.25) is 24.1 Å². The molecule has 7 rings (SSSR count). The van der Waals surface area contributed by atoms with Crippen molar-refractivity contribution in [3.63, 3.8) is 0 Å². The van der Waals surface area contributed by atoms with Gasteiger partial charge in [-0.2, -0.15) is 0 Å². The number of hydrogen-bond acceptors (Lipinski definition) is 6. The second kappa shape index (κ2) is 8.56. The van der Waals surface area contributed by atoms with Crippen molar-refractivity contribution in [2.24, 2.45) is 29.6 Å². The number of fused-ring (bicyclic) bond motifs is 9. The smallest absolute Gasteiger partial charge is 0.305 e. The van der Waals surface area contributed by atoms with Gasteiger partial charge >= 0.3 is 4.87 Å². The Morgan fingerprint density at radius 2 is 1.81 bits per heavy atom. The molecule has 5 aliphatic rings. The van der Waals surface area contributed by atoms with E-state index in [1.807, 2.05) is 12.1 Å². The number of H-pyrrole nitrogens is 1. The fourth-order valence-corrected chi connectivity index (χ4v) is 11.0. The number of aromatic amines is 1. The molecule has 10 heteroatoms. The van der Waals surface area contributed by atoms with Crippen molar-refractivity contribution >= 4 is 56.8 Å². The van der Waals surface area contributed by atoms with E-state index in [0.717, 1.165) is 45.6 Å². The summed E-state index contributed by atoms with van der Waals surface area (Å²) >= 11 is 6.56. The van der Waals surface area contributed by atoms with E-state index in [9.17, 15) is 19.2 Å². The zero-order chi connectivity index (χ0) is 24.7. The number of amides is 3. The lowest BCUT2D eigenvalue weighted by molar-refractivity contribution is -0.147. The lowest BCUT2D eigenvalue weighted by Gasteiger charge is -2.43. The zero-order valence-electron chi connectivity index (χ0n) is 19.5. The van der Waals surface area contributed by atoms with Crippen LogP contribution in [0.15, 0.2) is 38.6 Å². The van der Waals surface area contributed by atoms with Crippen LogP contribution in [0, 0.1) is 29.6 Å². The lowest BCUT2D eigenvalue weighted by Crippen LogP contribution is -2.45. The van der Waals surface area contributed by atoms with Crippen molar-refractivity contribution in [2.45, 2.75) is 41.9 Å². The van der Waals surface area contributed by atoms with Gasteiger partial charge in [0.05, 0.1) is 16.9 Å². The maximum absolute atomic E-state index is 13.7. The topological polar surface area (TPSA) is 90.5 Å². The summed E-state index contributed by atoms with van der Waals surface area (Å²) in [6, 6.07) is 8.22. The molecule has 7 nitrogen and oxygen atoms in total. The van der Waals surface area contributed by atoms with Crippen LogP contribution in [-0.2, 0) is 14.4 Å². The van der Waals surface area contributed by atoms with E-state index in [0.29, 0.717) is 13.1 Å². The van der Waals surface area contributed by atoms with Crippen molar-refractivity contribution in [3.8, 4) is 0 Å². The predicted molar refractivity (Wildman–Crippen MR) is 140 cm³/mol. The summed E-state index contributed by atoms with van der Waals surface area (Å²) in [5.41, 5.74) is 1.13. The summed E-state index contributed by atoms with van der Waals surface area (Å²) < 4.78 is 0.981. The van der Waals surface area contributed by atoms with E-state index in [1.54, 1.807) is 16.7 Å². The van der Waals surface area contributed by atoms with Gasteiger partial charge in [-0.15, -0.1) is 11.8 Å². The maximum Gasteiger partial charge on any atom is 0.305 e.